The van der Waals surface area contributed by atoms with Crippen LogP contribution in [0.4, 0.5) is 0 Å². The molecule has 1 saturated heterocycles. The largest absolute Gasteiger partial charge is 0.367 e. The van der Waals surface area contributed by atoms with Crippen LogP contribution in [0.5, 0.6) is 0 Å². The lowest BCUT2D eigenvalue weighted by Crippen LogP contribution is -2.46. The van der Waals surface area contributed by atoms with Crippen LogP contribution in [0.25, 0.3) is 0 Å². The third-order valence-electron chi connectivity index (χ3n) is 3.84. The average Bonchev–Trinajstić information content (AvgIpc) is 2.67. The van der Waals surface area contributed by atoms with Crippen LogP contribution in [0.1, 0.15) is 45.4 Å². The van der Waals surface area contributed by atoms with Gasteiger partial charge in [-0.25, -0.2) is 0 Å². The average molecular weight is 251 g/mol. The number of carbonyl (C=O) groups is 1. The highest BCUT2D eigenvalue weighted by atomic mass is 16.5. The quantitative estimate of drug-likeness (QED) is 0.769. The van der Waals surface area contributed by atoms with Gasteiger partial charge in [0, 0.05) is 13.1 Å². The Kier molecular flexibility index (Phi) is 5.39. The second kappa shape index (κ2) is 7.05. The van der Waals surface area contributed by atoms with Crippen LogP contribution >= 0.6 is 0 Å². The van der Waals surface area contributed by atoms with Crippen LogP contribution in [0.3, 0.4) is 0 Å². The van der Waals surface area contributed by atoms with Gasteiger partial charge in [0.05, 0.1) is 6.61 Å². The van der Waals surface area contributed by atoms with E-state index in [0.29, 0.717) is 6.61 Å². The predicted octanol–water partition coefficient (Wildman–Crippen LogP) is 2.56. The molecule has 1 aliphatic carbocycles. The monoisotopic (exact) mass is 251 g/mol. The molecule has 0 bridgehead atoms. The first-order valence-corrected chi connectivity index (χ1v) is 7.38. The molecule has 2 aliphatic rings. The van der Waals surface area contributed by atoms with Gasteiger partial charge in [-0.3, -0.25) is 9.69 Å². The fourth-order valence-corrected chi connectivity index (χ4v) is 2.83. The van der Waals surface area contributed by atoms with Crippen LogP contribution in [0.2, 0.25) is 0 Å². The van der Waals surface area contributed by atoms with Crippen LogP contribution in [0, 0.1) is 0 Å². The summed E-state index contributed by atoms with van der Waals surface area (Å²) in [6, 6.07) is 0. The third-order valence-corrected chi connectivity index (χ3v) is 3.84. The summed E-state index contributed by atoms with van der Waals surface area (Å²) >= 11 is 0. The van der Waals surface area contributed by atoms with E-state index in [1.54, 1.807) is 0 Å². The Bertz CT molecular complexity index is 310. The van der Waals surface area contributed by atoms with Crippen LogP contribution < -0.4 is 0 Å². The summed E-state index contributed by atoms with van der Waals surface area (Å²) in [5.41, 5.74) is 1.02. The lowest BCUT2D eigenvalue weighted by molar-refractivity contribution is -0.132. The number of carbonyl (C=O) groups excluding carboxylic acids is 1. The van der Waals surface area contributed by atoms with Gasteiger partial charge in [-0.2, -0.15) is 0 Å². The minimum absolute atomic E-state index is 0.213. The highest BCUT2D eigenvalue weighted by Crippen LogP contribution is 2.21. The molecule has 0 aromatic carbocycles. The minimum atomic E-state index is -0.213. The zero-order valence-corrected chi connectivity index (χ0v) is 11.5. The normalized spacial score (nSPS) is 26.5. The molecule has 1 fully saturated rings. The van der Waals surface area contributed by atoms with E-state index in [0.717, 1.165) is 50.9 Å². The smallest absolute Gasteiger partial charge is 0.188 e. The van der Waals surface area contributed by atoms with Crippen molar-refractivity contribution in [3.63, 3.8) is 0 Å². The van der Waals surface area contributed by atoms with Gasteiger partial charge in [-0.05, 0) is 44.2 Å². The van der Waals surface area contributed by atoms with Gasteiger partial charge >= 0.3 is 0 Å². The lowest BCUT2D eigenvalue weighted by Gasteiger charge is -2.32. The van der Waals surface area contributed by atoms with Gasteiger partial charge in [0.2, 0.25) is 0 Å². The number of allylic oxidation sites excluding steroid dienone is 1. The molecule has 2 rings (SSSR count). The molecule has 102 valence electrons. The van der Waals surface area contributed by atoms with Gasteiger partial charge in [-0.1, -0.05) is 19.4 Å². The van der Waals surface area contributed by atoms with E-state index in [-0.39, 0.29) is 11.9 Å². The topological polar surface area (TPSA) is 29.5 Å². The summed E-state index contributed by atoms with van der Waals surface area (Å²) in [6.07, 6.45) is 8.73. The Morgan fingerprint density at radius 1 is 1.44 bits per heavy atom. The second-order valence-corrected chi connectivity index (χ2v) is 5.35. The summed E-state index contributed by atoms with van der Waals surface area (Å²) in [7, 11) is 0. The van der Waals surface area contributed by atoms with E-state index >= 15 is 0 Å². The number of hydrogen-bond donors (Lipinski definition) is 0. The summed E-state index contributed by atoms with van der Waals surface area (Å²) in [4.78, 5) is 14.8. The molecule has 3 heteroatoms. The first kappa shape index (κ1) is 13.8. The number of rotatable bonds is 4. The Balaban J connectivity index is 1.93. The molecule has 0 spiro atoms. The summed E-state index contributed by atoms with van der Waals surface area (Å²) in [5, 5.41) is 0. The number of morpholine rings is 1. The maximum Gasteiger partial charge on any atom is 0.188 e. The molecule has 1 atom stereocenters. The predicted molar refractivity (Wildman–Crippen MR) is 72.6 cm³/mol. The molecular weight excluding hydrogens is 226 g/mol. The maximum absolute atomic E-state index is 12.4. The van der Waals surface area contributed by atoms with Crippen molar-refractivity contribution >= 4 is 5.78 Å². The van der Waals surface area contributed by atoms with E-state index < -0.39 is 0 Å². The Hall–Kier alpha value is -0.670. The molecule has 3 nitrogen and oxygen atoms in total. The summed E-state index contributed by atoms with van der Waals surface area (Å²) < 4.78 is 5.68. The lowest BCUT2D eigenvalue weighted by atomic mass is 10.0. The molecule has 0 amide bonds. The number of hydrogen-bond acceptors (Lipinski definition) is 3. The van der Waals surface area contributed by atoms with E-state index in [4.69, 9.17) is 4.74 Å². The van der Waals surface area contributed by atoms with Crippen molar-refractivity contribution < 1.29 is 9.53 Å². The molecule has 1 aliphatic heterocycles. The van der Waals surface area contributed by atoms with Crippen molar-refractivity contribution in [3.8, 4) is 0 Å². The van der Waals surface area contributed by atoms with Gasteiger partial charge in [0.25, 0.3) is 0 Å². The highest BCUT2D eigenvalue weighted by molar-refractivity contribution is 5.99. The molecule has 1 heterocycles. The van der Waals surface area contributed by atoms with Crippen molar-refractivity contribution in [1.82, 2.24) is 4.90 Å². The first-order valence-electron chi connectivity index (χ1n) is 7.38. The zero-order chi connectivity index (χ0) is 12.8. The molecule has 0 aromatic rings. The van der Waals surface area contributed by atoms with Gasteiger partial charge in [-0.15, -0.1) is 0 Å². The summed E-state index contributed by atoms with van der Waals surface area (Å²) in [5.74, 6) is 0.248. The van der Waals surface area contributed by atoms with Crippen molar-refractivity contribution in [3.05, 3.63) is 11.6 Å². The van der Waals surface area contributed by atoms with Gasteiger partial charge in [0.15, 0.2) is 5.78 Å². The van der Waals surface area contributed by atoms with Gasteiger partial charge in [0.1, 0.15) is 6.10 Å². The Labute approximate surface area is 110 Å². The Morgan fingerprint density at radius 2 is 2.33 bits per heavy atom. The molecular formula is C15H25NO2. The molecule has 0 saturated carbocycles. The van der Waals surface area contributed by atoms with E-state index in [2.05, 4.69) is 17.9 Å². The molecule has 18 heavy (non-hydrogen) atoms. The number of ether oxygens (including phenoxy) is 1. The summed E-state index contributed by atoms with van der Waals surface area (Å²) in [6.45, 7) is 5.71. The van der Waals surface area contributed by atoms with E-state index in [1.165, 1.54) is 12.8 Å². The fraction of sp³-hybridized carbons (Fsp3) is 0.800. The molecule has 0 radical (unpaired) electrons. The second-order valence-electron chi connectivity index (χ2n) is 5.35. The van der Waals surface area contributed by atoms with Crippen molar-refractivity contribution in [1.29, 1.82) is 0 Å². The third kappa shape index (κ3) is 3.66. The first-order chi connectivity index (χ1) is 8.81. The molecule has 1 unspecified atom stereocenters. The van der Waals surface area contributed by atoms with Crippen LogP contribution in [0.15, 0.2) is 11.6 Å². The number of ketones is 1. The SMILES string of the molecule is CCCN1CCOC(C(=O)C2=CCCCCC2)C1. The van der Waals surface area contributed by atoms with Crippen LogP contribution in [-0.4, -0.2) is 43.0 Å². The maximum atomic E-state index is 12.4. The molecule has 0 aromatic heterocycles. The molecule has 0 N–H and O–H groups in total. The van der Waals surface area contributed by atoms with Crippen molar-refractivity contribution in [2.75, 3.05) is 26.2 Å². The van der Waals surface area contributed by atoms with E-state index in [9.17, 15) is 4.79 Å². The van der Waals surface area contributed by atoms with E-state index in [1.807, 2.05) is 0 Å². The number of nitrogens with zero attached hydrogens (tertiary/aromatic N) is 1. The van der Waals surface area contributed by atoms with Gasteiger partial charge < -0.3 is 4.74 Å². The van der Waals surface area contributed by atoms with Crippen molar-refractivity contribution in [2.45, 2.75) is 51.6 Å². The van der Waals surface area contributed by atoms with Crippen molar-refractivity contribution in [2.24, 2.45) is 0 Å². The zero-order valence-electron chi connectivity index (χ0n) is 11.5. The fourth-order valence-electron chi connectivity index (χ4n) is 2.83. The highest BCUT2D eigenvalue weighted by Gasteiger charge is 2.28. The van der Waals surface area contributed by atoms with Crippen LogP contribution in [-0.2, 0) is 9.53 Å². The standard InChI is InChI=1S/C15H25NO2/c1-2-9-16-10-11-18-14(12-16)15(17)13-7-5-3-4-6-8-13/h7,14H,2-6,8-12H2,1H3. The Morgan fingerprint density at radius 3 is 3.17 bits per heavy atom. The minimum Gasteiger partial charge on any atom is -0.367 e. The number of Topliss-reactive ketones (excluding diaryl/α,β-unsaturated/α-hetero) is 1.